The molecule has 10 unspecified atom stereocenters. The van der Waals surface area contributed by atoms with E-state index in [1.165, 1.54) is 0 Å². The van der Waals surface area contributed by atoms with Gasteiger partial charge in [0.15, 0.2) is 6.29 Å². The van der Waals surface area contributed by atoms with E-state index in [9.17, 15) is 40.5 Å². The maximum absolute atomic E-state index is 11.8. The molecule has 29 heavy (non-hydrogen) atoms. The second kappa shape index (κ2) is 10.4. The summed E-state index contributed by atoms with van der Waals surface area (Å²) in [5.74, 6) is -0.676. The van der Waals surface area contributed by atoms with E-state index >= 15 is 0 Å². The molecule has 0 aliphatic carbocycles. The van der Waals surface area contributed by atoms with Crippen molar-refractivity contribution in [1.82, 2.24) is 0 Å². The molecule has 2 rings (SSSR count). The lowest BCUT2D eigenvalue weighted by molar-refractivity contribution is -0.327. The van der Waals surface area contributed by atoms with E-state index in [-0.39, 0.29) is 12.3 Å². The Hall–Kier alpha value is -0.930. The Morgan fingerprint density at radius 3 is 1.90 bits per heavy atom. The van der Waals surface area contributed by atoms with Crippen LogP contribution < -0.4 is 0 Å². The smallest absolute Gasteiger partial charge is 0.308 e. The van der Waals surface area contributed by atoms with Crippen LogP contribution in [0.3, 0.4) is 0 Å². The second-order valence-electron chi connectivity index (χ2n) is 7.63. The summed E-state index contributed by atoms with van der Waals surface area (Å²) in [6.45, 7) is 2.43. The Morgan fingerprint density at radius 2 is 1.34 bits per heavy atom. The highest BCUT2D eigenvalue weighted by molar-refractivity contribution is 5.69. The zero-order chi connectivity index (χ0) is 21.9. The first kappa shape index (κ1) is 24.3. The minimum atomic E-state index is -1.70. The lowest BCUT2D eigenvalue weighted by Crippen LogP contribution is -2.61. The van der Waals surface area contributed by atoms with Crippen LogP contribution in [-0.2, 0) is 23.7 Å². The van der Waals surface area contributed by atoms with Crippen LogP contribution in [0.1, 0.15) is 20.3 Å². The number of ether oxygens (including phenoxy) is 4. The van der Waals surface area contributed by atoms with E-state index in [4.69, 9.17) is 18.9 Å². The van der Waals surface area contributed by atoms with E-state index in [2.05, 4.69) is 0 Å². The monoisotopic (exact) mass is 426 g/mol. The zero-order valence-corrected chi connectivity index (χ0v) is 16.1. The standard InChI is InChI=1S/C17H30O12/c1-6(2)3-9(19)29-17-15(25)13(23)11(21)8(28-17)5-26-16-14(24)12(22)10(20)7(4-18)27-16/h6-8,10-18,20-25H,3-5H2,1-2H3. The lowest BCUT2D eigenvalue weighted by atomic mass is 9.98. The molecule has 2 aliphatic rings. The average molecular weight is 426 g/mol. The molecule has 0 aromatic carbocycles. The van der Waals surface area contributed by atoms with Gasteiger partial charge in [-0.2, -0.15) is 0 Å². The first-order chi connectivity index (χ1) is 13.6. The molecule has 2 fully saturated rings. The third-order valence-electron chi connectivity index (χ3n) is 4.76. The van der Waals surface area contributed by atoms with Crippen LogP contribution in [0.2, 0.25) is 0 Å². The number of aliphatic hydroxyl groups excluding tert-OH is 7. The fourth-order valence-corrected chi connectivity index (χ4v) is 3.06. The molecule has 0 radical (unpaired) electrons. The van der Waals surface area contributed by atoms with Crippen LogP contribution in [0.5, 0.6) is 0 Å². The van der Waals surface area contributed by atoms with Crippen molar-refractivity contribution in [2.24, 2.45) is 5.92 Å². The molecule has 2 saturated heterocycles. The molecule has 170 valence electrons. The van der Waals surface area contributed by atoms with Gasteiger partial charge in [-0.05, 0) is 5.92 Å². The molecular formula is C17H30O12. The van der Waals surface area contributed by atoms with E-state index in [1.807, 2.05) is 0 Å². The summed E-state index contributed by atoms with van der Waals surface area (Å²) >= 11 is 0. The third kappa shape index (κ3) is 5.82. The van der Waals surface area contributed by atoms with Gasteiger partial charge in [0.2, 0.25) is 6.29 Å². The van der Waals surface area contributed by atoms with Crippen molar-refractivity contribution in [3.05, 3.63) is 0 Å². The molecule has 0 aromatic rings. The van der Waals surface area contributed by atoms with Gasteiger partial charge < -0.3 is 54.7 Å². The van der Waals surface area contributed by atoms with E-state index in [0.717, 1.165) is 0 Å². The Balaban J connectivity index is 1.98. The predicted molar refractivity (Wildman–Crippen MR) is 91.9 cm³/mol. The Kier molecular flexibility index (Phi) is 8.72. The summed E-state index contributed by atoms with van der Waals surface area (Å²) in [6.07, 6.45) is -15.3. The number of aliphatic hydroxyl groups is 7. The first-order valence-corrected chi connectivity index (χ1v) is 9.38. The summed E-state index contributed by atoms with van der Waals surface area (Å²) in [5, 5.41) is 68.8. The average Bonchev–Trinajstić information content (AvgIpc) is 2.66. The molecule has 2 heterocycles. The third-order valence-corrected chi connectivity index (χ3v) is 4.76. The highest BCUT2D eigenvalue weighted by Gasteiger charge is 2.48. The van der Waals surface area contributed by atoms with Crippen LogP contribution in [0.15, 0.2) is 0 Å². The molecule has 7 N–H and O–H groups in total. The van der Waals surface area contributed by atoms with Crippen LogP contribution >= 0.6 is 0 Å². The number of carbonyl (C=O) groups is 1. The van der Waals surface area contributed by atoms with Gasteiger partial charge in [-0.15, -0.1) is 0 Å². The van der Waals surface area contributed by atoms with Crippen LogP contribution in [0.25, 0.3) is 0 Å². The maximum Gasteiger partial charge on any atom is 0.308 e. The summed E-state index contributed by atoms with van der Waals surface area (Å²) < 4.78 is 20.8. The van der Waals surface area contributed by atoms with Gasteiger partial charge >= 0.3 is 5.97 Å². The molecule has 0 bridgehead atoms. The second-order valence-corrected chi connectivity index (χ2v) is 7.63. The van der Waals surface area contributed by atoms with Gasteiger partial charge in [-0.3, -0.25) is 4.79 Å². The van der Waals surface area contributed by atoms with Gasteiger partial charge in [0.25, 0.3) is 0 Å². The van der Waals surface area contributed by atoms with Crippen LogP contribution in [-0.4, -0.2) is 116 Å². The van der Waals surface area contributed by atoms with Gasteiger partial charge in [-0.25, -0.2) is 0 Å². The van der Waals surface area contributed by atoms with Crippen molar-refractivity contribution >= 4 is 5.97 Å². The number of carbonyl (C=O) groups excluding carboxylic acids is 1. The predicted octanol–water partition coefficient (Wildman–Crippen LogP) is -3.80. The van der Waals surface area contributed by atoms with Gasteiger partial charge in [0, 0.05) is 6.42 Å². The van der Waals surface area contributed by atoms with Crippen molar-refractivity contribution in [2.75, 3.05) is 13.2 Å². The molecule has 0 amide bonds. The summed E-state index contributed by atoms with van der Waals surface area (Å²) in [4.78, 5) is 11.8. The van der Waals surface area contributed by atoms with E-state index < -0.39 is 80.6 Å². The van der Waals surface area contributed by atoms with Crippen molar-refractivity contribution in [3.8, 4) is 0 Å². The van der Waals surface area contributed by atoms with Gasteiger partial charge in [-0.1, -0.05) is 13.8 Å². The van der Waals surface area contributed by atoms with Crippen molar-refractivity contribution in [1.29, 1.82) is 0 Å². The first-order valence-electron chi connectivity index (χ1n) is 9.38. The Bertz CT molecular complexity index is 529. The fraction of sp³-hybridized carbons (Fsp3) is 0.941. The van der Waals surface area contributed by atoms with Crippen molar-refractivity contribution in [2.45, 2.75) is 81.7 Å². The van der Waals surface area contributed by atoms with Crippen LogP contribution in [0, 0.1) is 5.92 Å². The summed E-state index contributed by atoms with van der Waals surface area (Å²) in [7, 11) is 0. The fourth-order valence-electron chi connectivity index (χ4n) is 3.06. The van der Waals surface area contributed by atoms with Crippen LogP contribution in [0.4, 0.5) is 0 Å². The Morgan fingerprint density at radius 1 is 0.828 bits per heavy atom. The molecule has 0 spiro atoms. The summed E-state index contributed by atoms with van der Waals surface area (Å²) in [5.41, 5.74) is 0. The highest BCUT2D eigenvalue weighted by Crippen LogP contribution is 2.26. The zero-order valence-electron chi connectivity index (χ0n) is 16.1. The van der Waals surface area contributed by atoms with E-state index in [0.29, 0.717) is 0 Å². The normalized spacial score (nSPS) is 43.4. The van der Waals surface area contributed by atoms with Crippen molar-refractivity contribution < 1.29 is 59.5 Å². The number of rotatable bonds is 7. The SMILES string of the molecule is CC(C)CC(=O)OC1OC(COC2OC(CO)C(O)C(O)C2O)C(O)C(O)C1O. The lowest BCUT2D eigenvalue weighted by Gasteiger charge is -2.42. The molecule has 12 nitrogen and oxygen atoms in total. The number of esters is 1. The summed E-state index contributed by atoms with van der Waals surface area (Å²) in [6, 6.07) is 0. The minimum Gasteiger partial charge on any atom is -0.433 e. The molecule has 0 saturated carbocycles. The molecule has 0 aromatic heterocycles. The quantitative estimate of drug-likeness (QED) is 0.196. The number of hydrogen-bond donors (Lipinski definition) is 7. The largest absolute Gasteiger partial charge is 0.433 e. The topological polar surface area (TPSA) is 196 Å². The number of hydrogen-bond acceptors (Lipinski definition) is 12. The molecular weight excluding hydrogens is 396 g/mol. The minimum absolute atomic E-state index is 0.0101. The molecule has 12 heteroatoms. The van der Waals surface area contributed by atoms with Crippen molar-refractivity contribution in [3.63, 3.8) is 0 Å². The van der Waals surface area contributed by atoms with Gasteiger partial charge in [0.05, 0.1) is 13.2 Å². The Labute approximate surface area is 167 Å². The van der Waals surface area contributed by atoms with Gasteiger partial charge in [0.1, 0.15) is 48.8 Å². The molecule has 10 atom stereocenters. The highest BCUT2D eigenvalue weighted by atomic mass is 16.7. The maximum atomic E-state index is 11.8. The van der Waals surface area contributed by atoms with E-state index in [1.54, 1.807) is 13.8 Å². The molecule has 2 aliphatic heterocycles.